The van der Waals surface area contributed by atoms with E-state index < -0.39 is 11.5 Å². The molecule has 0 saturated carbocycles. The summed E-state index contributed by atoms with van der Waals surface area (Å²) in [5, 5.41) is 8.97. The molecule has 0 aliphatic carbocycles. The maximum absolute atomic E-state index is 10.3. The summed E-state index contributed by atoms with van der Waals surface area (Å²) in [6, 6.07) is 0. The lowest BCUT2D eigenvalue weighted by Gasteiger charge is -2.26. The minimum Gasteiger partial charge on any atom is -0.449 e. The second-order valence-electron chi connectivity index (χ2n) is 2.75. The van der Waals surface area contributed by atoms with Crippen LogP contribution in [-0.4, -0.2) is 30.3 Å². The molecule has 72 valence electrons. The third-order valence-corrected chi connectivity index (χ3v) is 2.46. The first-order chi connectivity index (χ1) is 5.60. The van der Waals surface area contributed by atoms with E-state index in [0.29, 0.717) is 6.42 Å². The standard InChI is InChI=1S/C7H14ClNO3/c1-2-7(3-8,4-10)5-12-6(9)11/h10H,2-5H2,1H3,(H2,9,11). The number of hydrogen-bond acceptors (Lipinski definition) is 3. The lowest BCUT2D eigenvalue weighted by Crippen LogP contribution is -2.34. The summed E-state index contributed by atoms with van der Waals surface area (Å²) in [5.41, 5.74) is 4.23. The van der Waals surface area contributed by atoms with Crippen LogP contribution in [0.5, 0.6) is 0 Å². The predicted octanol–water partition coefficient (Wildman–Crippen LogP) is 0.709. The van der Waals surface area contributed by atoms with Crippen molar-refractivity contribution in [1.29, 1.82) is 0 Å². The predicted molar refractivity (Wildman–Crippen MR) is 46.1 cm³/mol. The molecule has 4 nitrogen and oxygen atoms in total. The Labute approximate surface area is 76.6 Å². The quantitative estimate of drug-likeness (QED) is 0.635. The molecular formula is C7H14ClNO3. The minimum atomic E-state index is -0.841. The lowest BCUT2D eigenvalue weighted by atomic mass is 9.90. The molecule has 5 heteroatoms. The molecule has 0 aromatic rings. The molecule has 0 saturated heterocycles. The van der Waals surface area contributed by atoms with E-state index in [1.165, 1.54) is 0 Å². The van der Waals surface area contributed by atoms with E-state index >= 15 is 0 Å². The van der Waals surface area contributed by atoms with Crippen LogP contribution in [-0.2, 0) is 4.74 Å². The number of aliphatic hydroxyl groups excluding tert-OH is 1. The molecule has 12 heavy (non-hydrogen) atoms. The van der Waals surface area contributed by atoms with Gasteiger partial charge >= 0.3 is 6.09 Å². The second kappa shape index (κ2) is 5.22. The van der Waals surface area contributed by atoms with E-state index in [9.17, 15) is 4.79 Å². The van der Waals surface area contributed by atoms with Gasteiger partial charge in [0.15, 0.2) is 0 Å². The molecule has 0 aliphatic rings. The fourth-order valence-corrected chi connectivity index (χ4v) is 1.01. The van der Waals surface area contributed by atoms with Gasteiger partial charge in [0.1, 0.15) is 6.61 Å². The van der Waals surface area contributed by atoms with Gasteiger partial charge in [0.25, 0.3) is 0 Å². The fourth-order valence-electron chi connectivity index (χ4n) is 0.659. The molecule has 0 aromatic carbocycles. The number of ether oxygens (including phenoxy) is 1. The number of hydrogen-bond donors (Lipinski definition) is 2. The van der Waals surface area contributed by atoms with Crippen molar-refractivity contribution in [3.8, 4) is 0 Å². The normalized spacial score (nSPS) is 15.2. The largest absolute Gasteiger partial charge is 0.449 e. The first-order valence-electron chi connectivity index (χ1n) is 3.69. The molecule has 0 aromatic heterocycles. The van der Waals surface area contributed by atoms with Crippen LogP contribution in [0, 0.1) is 5.41 Å². The number of alkyl halides is 1. The van der Waals surface area contributed by atoms with Crippen molar-refractivity contribution in [2.24, 2.45) is 11.1 Å². The zero-order chi connectivity index (χ0) is 9.61. The van der Waals surface area contributed by atoms with Gasteiger partial charge in [0, 0.05) is 11.3 Å². The van der Waals surface area contributed by atoms with Crippen LogP contribution in [0.25, 0.3) is 0 Å². The average Bonchev–Trinajstić information content (AvgIpc) is 2.08. The summed E-state index contributed by atoms with van der Waals surface area (Å²) >= 11 is 5.62. The molecule has 0 bridgehead atoms. The summed E-state index contributed by atoms with van der Waals surface area (Å²) in [7, 11) is 0. The van der Waals surface area contributed by atoms with Gasteiger partial charge in [-0.25, -0.2) is 4.79 Å². The zero-order valence-corrected chi connectivity index (χ0v) is 7.80. The molecule has 1 amide bonds. The molecule has 0 aliphatic heterocycles. The van der Waals surface area contributed by atoms with Crippen LogP contribution in [0.1, 0.15) is 13.3 Å². The van der Waals surface area contributed by atoms with Crippen molar-refractivity contribution in [3.05, 3.63) is 0 Å². The average molecular weight is 196 g/mol. The van der Waals surface area contributed by atoms with Crippen molar-refractivity contribution in [2.45, 2.75) is 13.3 Å². The number of amides is 1. The SMILES string of the molecule is CCC(CO)(CCl)COC(N)=O. The number of nitrogens with two attached hydrogens (primary N) is 1. The number of carbonyl (C=O) groups is 1. The summed E-state index contributed by atoms with van der Waals surface area (Å²) in [6.07, 6.45) is -0.202. The maximum Gasteiger partial charge on any atom is 0.404 e. The molecular weight excluding hydrogens is 182 g/mol. The van der Waals surface area contributed by atoms with Crippen LogP contribution in [0.4, 0.5) is 4.79 Å². The zero-order valence-electron chi connectivity index (χ0n) is 7.05. The Morgan fingerprint density at radius 2 is 2.33 bits per heavy atom. The van der Waals surface area contributed by atoms with Gasteiger partial charge in [-0.1, -0.05) is 6.92 Å². The number of carbonyl (C=O) groups excluding carboxylic acids is 1. The van der Waals surface area contributed by atoms with E-state index in [0.717, 1.165) is 0 Å². The van der Waals surface area contributed by atoms with Gasteiger partial charge in [-0.15, -0.1) is 11.6 Å². The highest BCUT2D eigenvalue weighted by atomic mass is 35.5. The number of aliphatic hydroxyl groups is 1. The molecule has 1 atom stereocenters. The summed E-state index contributed by atoms with van der Waals surface area (Å²) in [5.74, 6) is 0.243. The van der Waals surface area contributed by atoms with Crippen molar-refractivity contribution in [2.75, 3.05) is 19.1 Å². The van der Waals surface area contributed by atoms with E-state index in [-0.39, 0.29) is 19.1 Å². The van der Waals surface area contributed by atoms with Crippen molar-refractivity contribution < 1.29 is 14.6 Å². The third-order valence-electron chi connectivity index (χ3n) is 1.89. The molecule has 0 heterocycles. The van der Waals surface area contributed by atoms with Crippen molar-refractivity contribution in [1.82, 2.24) is 0 Å². The molecule has 0 rings (SSSR count). The van der Waals surface area contributed by atoms with E-state index in [2.05, 4.69) is 4.74 Å². The maximum atomic E-state index is 10.3. The summed E-state index contributed by atoms with van der Waals surface area (Å²) in [4.78, 5) is 10.3. The Balaban J connectivity index is 4.01. The highest BCUT2D eigenvalue weighted by Gasteiger charge is 2.27. The van der Waals surface area contributed by atoms with Crippen LogP contribution >= 0.6 is 11.6 Å². The minimum absolute atomic E-state index is 0.0683. The number of rotatable bonds is 5. The summed E-state index contributed by atoms with van der Waals surface area (Å²) < 4.78 is 4.57. The Kier molecular flexibility index (Phi) is 5.01. The highest BCUT2D eigenvalue weighted by Crippen LogP contribution is 2.23. The number of primary amides is 1. The first-order valence-corrected chi connectivity index (χ1v) is 4.22. The Bertz CT molecular complexity index is 139. The Hall–Kier alpha value is -0.480. The van der Waals surface area contributed by atoms with Crippen LogP contribution in [0.3, 0.4) is 0 Å². The van der Waals surface area contributed by atoms with Gasteiger partial charge in [-0.05, 0) is 6.42 Å². The van der Waals surface area contributed by atoms with Crippen LogP contribution in [0.15, 0.2) is 0 Å². The molecule has 0 radical (unpaired) electrons. The number of halogens is 1. The topological polar surface area (TPSA) is 72.6 Å². The lowest BCUT2D eigenvalue weighted by molar-refractivity contribution is 0.0533. The van der Waals surface area contributed by atoms with E-state index in [4.69, 9.17) is 22.4 Å². The van der Waals surface area contributed by atoms with Crippen LogP contribution < -0.4 is 5.73 Å². The van der Waals surface area contributed by atoms with Gasteiger partial charge < -0.3 is 15.6 Å². The van der Waals surface area contributed by atoms with Gasteiger partial charge in [-0.3, -0.25) is 0 Å². The van der Waals surface area contributed by atoms with Gasteiger partial charge in [0.2, 0.25) is 0 Å². The second-order valence-corrected chi connectivity index (χ2v) is 3.02. The fraction of sp³-hybridized carbons (Fsp3) is 0.857. The third kappa shape index (κ3) is 3.28. The van der Waals surface area contributed by atoms with Gasteiger partial charge in [0.05, 0.1) is 6.61 Å². The molecule has 1 unspecified atom stereocenters. The Morgan fingerprint density at radius 1 is 1.75 bits per heavy atom. The summed E-state index contributed by atoms with van der Waals surface area (Å²) in [6.45, 7) is 1.82. The molecule has 3 N–H and O–H groups in total. The van der Waals surface area contributed by atoms with Crippen molar-refractivity contribution in [3.63, 3.8) is 0 Å². The van der Waals surface area contributed by atoms with Crippen molar-refractivity contribution >= 4 is 17.7 Å². The van der Waals surface area contributed by atoms with Crippen LogP contribution in [0.2, 0.25) is 0 Å². The smallest absolute Gasteiger partial charge is 0.404 e. The highest BCUT2D eigenvalue weighted by molar-refractivity contribution is 6.18. The molecule has 0 fully saturated rings. The van der Waals surface area contributed by atoms with E-state index in [1.54, 1.807) is 0 Å². The monoisotopic (exact) mass is 195 g/mol. The van der Waals surface area contributed by atoms with Gasteiger partial charge in [-0.2, -0.15) is 0 Å². The van der Waals surface area contributed by atoms with E-state index in [1.807, 2.05) is 6.92 Å². The first kappa shape index (κ1) is 11.5. The molecule has 0 spiro atoms. The Morgan fingerprint density at radius 3 is 2.58 bits per heavy atom.